The van der Waals surface area contributed by atoms with Crippen molar-refractivity contribution in [2.75, 3.05) is 7.11 Å². The van der Waals surface area contributed by atoms with Gasteiger partial charge in [-0.2, -0.15) is 13.2 Å². The lowest BCUT2D eigenvalue weighted by Gasteiger charge is -2.18. The van der Waals surface area contributed by atoms with E-state index in [-0.39, 0.29) is 11.3 Å². The first-order valence-electron chi connectivity index (χ1n) is 7.28. The fraction of sp³-hybridized carbons (Fsp3) is 0.278. The summed E-state index contributed by atoms with van der Waals surface area (Å²) in [5.41, 5.74) is 0.290. The third-order valence-corrected chi connectivity index (χ3v) is 3.65. The average molecular weight is 337 g/mol. The van der Waals surface area contributed by atoms with Crippen molar-refractivity contribution in [1.82, 2.24) is 0 Å². The van der Waals surface area contributed by atoms with Crippen molar-refractivity contribution in [2.24, 2.45) is 4.99 Å². The van der Waals surface area contributed by atoms with Crippen molar-refractivity contribution >= 4 is 11.4 Å². The van der Waals surface area contributed by atoms with Crippen LogP contribution in [0, 0.1) is 13.8 Å². The molecule has 2 aromatic rings. The van der Waals surface area contributed by atoms with E-state index in [1.807, 2.05) is 0 Å². The number of halogens is 3. The summed E-state index contributed by atoms with van der Waals surface area (Å²) >= 11 is 0. The molecule has 0 amide bonds. The zero-order valence-corrected chi connectivity index (χ0v) is 13.6. The quantitative estimate of drug-likeness (QED) is 0.823. The minimum atomic E-state index is -4.76. The first kappa shape index (κ1) is 18.0. The van der Waals surface area contributed by atoms with E-state index in [4.69, 9.17) is 4.74 Å². The van der Waals surface area contributed by atoms with Crippen LogP contribution in [0.2, 0.25) is 0 Å². The van der Waals surface area contributed by atoms with E-state index in [0.29, 0.717) is 16.9 Å². The van der Waals surface area contributed by atoms with E-state index in [1.165, 1.54) is 31.4 Å². The molecule has 0 spiro atoms. The molecule has 0 aliphatic carbocycles. The number of benzene rings is 2. The van der Waals surface area contributed by atoms with Crippen LogP contribution >= 0.6 is 0 Å². The number of aliphatic hydroxyl groups is 1. The van der Waals surface area contributed by atoms with Crippen LogP contribution in [0.15, 0.2) is 47.5 Å². The third-order valence-electron chi connectivity index (χ3n) is 3.65. The number of ether oxygens (including phenoxy) is 1. The number of hydrogen-bond donors (Lipinski definition) is 1. The predicted molar refractivity (Wildman–Crippen MR) is 87.0 cm³/mol. The van der Waals surface area contributed by atoms with Crippen molar-refractivity contribution in [3.63, 3.8) is 0 Å². The van der Waals surface area contributed by atoms with Gasteiger partial charge in [0, 0.05) is 0 Å². The molecule has 1 atom stereocenters. The normalized spacial score (nSPS) is 13.7. The van der Waals surface area contributed by atoms with Crippen LogP contribution in [0.4, 0.5) is 18.9 Å². The molecule has 0 saturated heterocycles. The molecule has 24 heavy (non-hydrogen) atoms. The molecular weight excluding hydrogens is 319 g/mol. The summed E-state index contributed by atoms with van der Waals surface area (Å²) in [6.45, 7) is 3.36. The maximum atomic E-state index is 13.4. The average Bonchev–Trinajstić information content (AvgIpc) is 2.53. The van der Waals surface area contributed by atoms with Gasteiger partial charge in [0.05, 0.1) is 12.8 Å². The van der Waals surface area contributed by atoms with Gasteiger partial charge in [-0.3, -0.25) is 0 Å². The fourth-order valence-electron chi connectivity index (χ4n) is 2.33. The molecule has 0 aliphatic heterocycles. The summed E-state index contributed by atoms with van der Waals surface area (Å²) in [6, 6.07) is 10.9. The van der Waals surface area contributed by atoms with Gasteiger partial charge in [0.1, 0.15) is 11.9 Å². The zero-order valence-electron chi connectivity index (χ0n) is 13.6. The van der Waals surface area contributed by atoms with Crippen LogP contribution in [-0.4, -0.2) is 24.1 Å². The highest BCUT2D eigenvalue weighted by Crippen LogP contribution is 2.32. The number of rotatable bonds is 4. The Labute approximate surface area is 138 Å². The molecule has 128 valence electrons. The Bertz CT molecular complexity index is 717. The number of alkyl halides is 3. The monoisotopic (exact) mass is 337 g/mol. The summed E-state index contributed by atoms with van der Waals surface area (Å²) in [5, 5.41) is 10.2. The molecule has 1 unspecified atom stereocenters. The van der Waals surface area contributed by atoms with E-state index in [2.05, 4.69) is 4.99 Å². The van der Waals surface area contributed by atoms with Crippen molar-refractivity contribution < 1.29 is 23.0 Å². The maximum absolute atomic E-state index is 13.4. The number of aliphatic hydroxyl groups excluding tert-OH is 1. The van der Waals surface area contributed by atoms with E-state index >= 15 is 0 Å². The second-order valence-corrected chi connectivity index (χ2v) is 5.41. The number of methoxy groups -OCH3 is 1. The number of para-hydroxylation sites is 1. The van der Waals surface area contributed by atoms with Crippen LogP contribution in [-0.2, 0) is 0 Å². The van der Waals surface area contributed by atoms with E-state index in [9.17, 15) is 18.3 Å². The smallest absolute Gasteiger partial charge is 0.432 e. The highest BCUT2D eigenvalue weighted by Gasteiger charge is 2.41. The molecule has 0 aliphatic rings. The lowest BCUT2D eigenvalue weighted by Crippen LogP contribution is -2.29. The minimum absolute atomic E-state index is 0.0955. The van der Waals surface area contributed by atoms with Crippen LogP contribution in [0.1, 0.15) is 22.8 Å². The third kappa shape index (κ3) is 3.94. The molecule has 6 heteroatoms. The SMILES string of the molecule is COc1ccc(C(O)C(=Nc2c(C)cccc2C)C(F)(F)F)cc1. The Kier molecular flexibility index (Phi) is 5.29. The van der Waals surface area contributed by atoms with Crippen molar-refractivity contribution in [3.05, 3.63) is 59.2 Å². The first-order chi connectivity index (χ1) is 11.2. The Hall–Kier alpha value is -2.34. The summed E-state index contributed by atoms with van der Waals surface area (Å²) in [7, 11) is 1.45. The van der Waals surface area contributed by atoms with E-state index in [1.54, 1.807) is 32.0 Å². The van der Waals surface area contributed by atoms with Crippen molar-refractivity contribution in [2.45, 2.75) is 26.1 Å². The molecule has 0 aromatic heterocycles. The molecule has 3 nitrogen and oxygen atoms in total. The number of nitrogens with zero attached hydrogens (tertiary/aromatic N) is 1. The second-order valence-electron chi connectivity index (χ2n) is 5.41. The predicted octanol–water partition coefficient (Wildman–Crippen LogP) is 4.68. The number of aryl methyl sites for hydroxylation is 2. The van der Waals surface area contributed by atoms with Gasteiger partial charge in [-0.05, 0) is 42.7 Å². The second kappa shape index (κ2) is 7.05. The fourth-order valence-corrected chi connectivity index (χ4v) is 2.33. The standard InChI is InChI=1S/C18H18F3NO2/c1-11-5-4-6-12(2)15(11)22-17(18(19,20)21)16(23)13-7-9-14(24-3)10-8-13/h4-10,16,23H,1-3H3. The lowest BCUT2D eigenvalue weighted by molar-refractivity contribution is -0.0664. The van der Waals surface area contributed by atoms with Gasteiger partial charge in [-0.25, -0.2) is 4.99 Å². The minimum Gasteiger partial charge on any atom is -0.497 e. The Morgan fingerprint density at radius 1 is 1.04 bits per heavy atom. The van der Waals surface area contributed by atoms with Gasteiger partial charge in [-0.15, -0.1) is 0 Å². The summed E-state index contributed by atoms with van der Waals surface area (Å²) < 4.78 is 45.3. The largest absolute Gasteiger partial charge is 0.497 e. The van der Waals surface area contributed by atoms with Crippen LogP contribution in [0.25, 0.3) is 0 Å². The Morgan fingerprint density at radius 3 is 2.04 bits per heavy atom. The Morgan fingerprint density at radius 2 is 1.58 bits per heavy atom. The molecule has 0 fully saturated rings. The molecule has 0 radical (unpaired) electrons. The lowest BCUT2D eigenvalue weighted by atomic mass is 10.0. The summed E-state index contributed by atoms with van der Waals surface area (Å²) in [6.07, 6.45) is -6.64. The topological polar surface area (TPSA) is 41.8 Å². The van der Waals surface area contributed by atoms with Gasteiger partial charge in [0.2, 0.25) is 0 Å². The summed E-state index contributed by atoms with van der Waals surface area (Å²) in [5.74, 6) is 0.492. The first-order valence-corrected chi connectivity index (χ1v) is 7.28. The summed E-state index contributed by atoms with van der Waals surface area (Å²) in [4.78, 5) is 3.76. The van der Waals surface area contributed by atoms with Gasteiger partial charge in [-0.1, -0.05) is 30.3 Å². The van der Waals surface area contributed by atoms with Gasteiger partial charge >= 0.3 is 6.18 Å². The molecule has 1 N–H and O–H groups in total. The number of aliphatic imine (C=N–C) groups is 1. The number of hydrogen-bond acceptors (Lipinski definition) is 3. The van der Waals surface area contributed by atoms with E-state index in [0.717, 1.165) is 0 Å². The van der Waals surface area contributed by atoms with Crippen LogP contribution < -0.4 is 4.74 Å². The Balaban J connectivity index is 2.50. The molecule has 0 heterocycles. The zero-order chi connectivity index (χ0) is 17.9. The van der Waals surface area contributed by atoms with Crippen LogP contribution in [0.3, 0.4) is 0 Å². The highest BCUT2D eigenvalue weighted by molar-refractivity contribution is 5.96. The van der Waals surface area contributed by atoms with Gasteiger partial charge in [0.25, 0.3) is 0 Å². The molecule has 0 bridgehead atoms. The molecule has 2 aromatic carbocycles. The van der Waals surface area contributed by atoms with Crippen LogP contribution in [0.5, 0.6) is 5.75 Å². The maximum Gasteiger partial charge on any atom is 0.432 e. The highest BCUT2D eigenvalue weighted by atomic mass is 19.4. The molecule has 0 saturated carbocycles. The molecular formula is C18H18F3NO2. The van der Waals surface area contributed by atoms with Gasteiger partial charge in [0.15, 0.2) is 5.71 Å². The van der Waals surface area contributed by atoms with Crippen molar-refractivity contribution in [1.29, 1.82) is 0 Å². The van der Waals surface area contributed by atoms with Crippen molar-refractivity contribution in [3.8, 4) is 5.75 Å². The van der Waals surface area contributed by atoms with E-state index < -0.39 is 18.0 Å². The van der Waals surface area contributed by atoms with Gasteiger partial charge < -0.3 is 9.84 Å². The molecule has 2 rings (SSSR count).